The number of benzene rings is 2. The summed E-state index contributed by atoms with van der Waals surface area (Å²) in [7, 11) is 0. The highest BCUT2D eigenvalue weighted by atomic mass is 79.9. The number of hydrogen-bond donors (Lipinski definition) is 1. The summed E-state index contributed by atoms with van der Waals surface area (Å²) in [5.74, 6) is -0.401. The van der Waals surface area contributed by atoms with Gasteiger partial charge in [-0.05, 0) is 65.2 Å². The Morgan fingerprint density at radius 1 is 1.21 bits per heavy atom. The third-order valence-corrected chi connectivity index (χ3v) is 8.35. The predicted molar refractivity (Wildman–Crippen MR) is 156 cm³/mol. The Hall–Kier alpha value is -3.34. The minimum absolute atomic E-state index is 0.0488. The molecule has 0 bridgehead atoms. The SMILES string of the molecule is Cc1ccc(C(=O)N(CCN)[C@@H](c2nc3c(oc4ccc(F)cc43)c(=O)n2Cc2cc(Br)cs2)C(C)C)cc1. The fraction of sp³-hybridized carbons (Fsp3) is 0.276. The molecule has 0 saturated heterocycles. The quantitative estimate of drug-likeness (QED) is 0.224. The maximum atomic E-state index is 14.2. The van der Waals surface area contributed by atoms with Crippen LogP contribution >= 0.6 is 27.3 Å². The van der Waals surface area contributed by atoms with Crippen LogP contribution in [0.1, 0.15) is 46.5 Å². The van der Waals surface area contributed by atoms with Crippen molar-refractivity contribution < 1.29 is 13.6 Å². The Bertz CT molecular complexity index is 1720. The zero-order valence-corrected chi connectivity index (χ0v) is 24.2. The van der Waals surface area contributed by atoms with E-state index >= 15 is 0 Å². The fourth-order valence-corrected chi connectivity index (χ4v) is 6.29. The number of carbonyl (C=O) groups is 1. The number of carbonyl (C=O) groups excluding carboxylic acids is 1. The summed E-state index contributed by atoms with van der Waals surface area (Å²) in [6, 6.07) is 12.8. The lowest BCUT2D eigenvalue weighted by molar-refractivity contribution is 0.0612. The van der Waals surface area contributed by atoms with Gasteiger partial charge < -0.3 is 15.1 Å². The number of fused-ring (bicyclic) bond motifs is 3. The number of furan rings is 1. The largest absolute Gasteiger partial charge is 0.448 e. The summed E-state index contributed by atoms with van der Waals surface area (Å²) in [6.45, 7) is 6.64. The summed E-state index contributed by atoms with van der Waals surface area (Å²) >= 11 is 4.99. The summed E-state index contributed by atoms with van der Waals surface area (Å²) < 4.78 is 22.6. The third-order valence-electron chi connectivity index (χ3n) is 6.66. The van der Waals surface area contributed by atoms with Crippen LogP contribution in [0.2, 0.25) is 0 Å². The summed E-state index contributed by atoms with van der Waals surface area (Å²) in [5, 5.41) is 2.35. The number of thiophene rings is 1. The van der Waals surface area contributed by atoms with Crippen LogP contribution in [0, 0.1) is 18.7 Å². The Morgan fingerprint density at radius 3 is 2.59 bits per heavy atom. The second-order valence-corrected chi connectivity index (χ2v) is 11.8. The molecule has 0 aliphatic carbocycles. The zero-order valence-electron chi connectivity index (χ0n) is 21.8. The van der Waals surface area contributed by atoms with Crippen LogP contribution in [0.5, 0.6) is 0 Å². The molecule has 3 aromatic heterocycles. The molecule has 2 N–H and O–H groups in total. The number of amides is 1. The molecule has 1 amide bonds. The fourth-order valence-electron chi connectivity index (χ4n) is 4.85. The molecule has 0 aliphatic rings. The van der Waals surface area contributed by atoms with E-state index in [1.165, 1.54) is 29.5 Å². The summed E-state index contributed by atoms with van der Waals surface area (Å²) in [6.07, 6.45) is 0. The number of nitrogens with zero attached hydrogens (tertiary/aromatic N) is 3. The molecule has 5 aromatic rings. The van der Waals surface area contributed by atoms with Gasteiger partial charge in [-0.1, -0.05) is 31.5 Å². The molecule has 10 heteroatoms. The lowest BCUT2D eigenvalue weighted by Gasteiger charge is -2.35. The minimum Gasteiger partial charge on any atom is -0.448 e. The van der Waals surface area contributed by atoms with Gasteiger partial charge in [-0.3, -0.25) is 14.2 Å². The number of nitrogens with two attached hydrogens (primary N) is 1. The predicted octanol–water partition coefficient (Wildman–Crippen LogP) is 6.26. The standard InChI is InChI=1S/C29H28BrFN4O3S/c1-16(2)25(34(11-10-32)28(36)18-6-4-17(3)5-7-18)27-33-24-22-13-20(31)8-9-23(22)38-26(24)29(37)35(27)14-21-12-19(30)15-39-21/h4-9,12-13,15-16,25H,10-11,14,32H2,1-3H3/t25-/m1/s1. The number of rotatable bonds is 8. The molecule has 0 saturated carbocycles. The number of halogens is 2. The van der Waals surface area contributed by atoms with Crippen molar-refractivity contribution in [3.05, 3.63) is 96.4 Å². The maximum absolute atomic E-state index is 14.2. The van der Waals surface area contributed by atoms with E-state index in [-0.39, 0.29) is 42.6 Å². The van der Waals surface area contributed by atoms with E-state index in [4.69, 9.17) is 15.1 Å². The van der Waals surface area contributed by atoms with Crippen LogP contribution < -0.4 is 11.3 Å². The van der Waals surface area contributed by atoms with Crippen LogP contribution in [0.25, 0.3) is 22.1 Å². The molecule has 0 unspecified atom stereocenters. The Kier molecular flexibility index (Phi) is 7.70. The van der Waals surface area contributed by atoms with Crippen molar-refractivity contribution >= 4 is 55.2 Å². The van der Waals surface area contributed by atoms with Crippen LogP contribution in [-0.2, 0) is 6.54 Å². The second kappa shape index (κ2) is 11.0. The van der Waals surface area contributed by atoms with Gasteiger partial charge in [0.1, 0.15) is 22.7 Å². The highest BCUT2D eigenvalue weighted by Gasteiger charge is 2.33. The molecule has 0 aliphatic heterocycles. The van der Waals surface area contributed by atoms with Crippen molar-refractivity contribution in [1.29, 1.82) is 0 Å². The van der Waals surface area contributed by atoms with Crippen molar-refractivity contribution in [1.82, 2.24) is 14.5 Å². The highest BCUT2D eigenvalue weighted by molar-refractivity contribution is 9.10. The molecule has 2 aromatic carbocycles. The summed E-state index contributed by atoms with van der Waals surface area (Å²) in [4.78, 5) is 35.4. The maximum Gasteiger partial charge on any atom is 0.297 e. The zero-order chi connectivity index (χ0) is 27.8. The van der Waals surface area contributed by atoms with Gasteiger partial charge in [0.25, 0.3) is 11.5 Å². The average molecular weight is 612 g/mol. The number of hydrogen-bond acceptors (Lipinski definition) is 6. The van der Waals surface area contributed by atoms with Gasteiger partial charge in [0, 0.05) is 38.8 Å². The van der Waals surface area contributed by atoms with E-state index in [1.54, 1.807) is 21.6 Å². The van der Waals surface area contributed by atoms with Crippen molar-refractivity contribution in [2.45, 2.75) is 33.4 Å². The molecule has 1 atom stereocenters. The van der Waals surface area contributed by atoms with Gasteiger partial charge >= 0.3 is 0 Å². The highest BCUT2D eigenvalue weighted by Crippen LogP contribution is 2.33. The van der Waals surface area contributed by atoms with Crippen LogP contribution in [0.15, 0.2) is 67.6 Å². The topological polar surface area (TPSA) is 94.4 Å². The first-order valence-corrected chi connectivity index (χ1v) is 14.3. The first kappa shape index (κ1) is 27.2. The molecule has 202 valence electrons. The second-order valence-electron chi connectivity index (χ2n) is 9.85. The van der Waals surface area contributed by atoms with E-state index in [1.807, 2.05) is 44.4 Å². The van der Waals surface area contributed by atoms with E-state index in [0.717, 1.165) is 14.9 Å². The molecule has 5 rings (SSSR count). The van der Waals surface area contributed by atoms with E-state index in [2.05, 4.69) is 15.9 Å². The van der Waals surface area contributed by atoms with Gasteiger partial charge in [-0.15, -0.1) is 11.3 Å². The summed E-state index contributed by atoms with van der Waals surface area (Å²) in [5.41, 5.74) is 7.86. The Labute approximate surface area is 237 Å². The Morgan fingerprint density at radius 2 is 1.95 bits per heavy atom. The lowest BCUT2D eigenvalue weighted by Crippen LogP contribution is -2.43. The monoisotopic (exact) mass is 610 g/mol. The molecule has 0 radical (unpaired) electrons. The number of aromatic nitrogens is 2. The average Bonchev–Trinajstić information content (AvgIpc) is 3.48. The van der Waals surface area contributed by atoms with Crippen LogP contribution in [0.4, 0.5) is 4.39 Å². The van der Waals surface area contributed by atoms with Crippen LogP contribution in [-0.4, -0.2) is 33.4 Å². The lowest BCUT2D eigenvalue weighted by atomic mass is 9.99. The molecule has 7 nitrogen and oxygen atoms in total. The van der Waals surface area contributed by atoms with E-state index in [0.29, 0.717) is 22.4 Å². The van der Waals surface area contributed by atoms with E-state index in [9.17, 15) is 14.0 Å². The van der Waals surface area contributed by atoms with Crippen molar-refractivity contribution in [2.75, 3.05) is 13.1 Å². The number of aryl methyl sites for hydroxylation is 1. The third kappa shape index (κ3) is 5.28. The van der Waals surface area contributed by atoms with Gasteiger partial charge in [-0.2, -0.15) is 0 Å². The van der Waals surface area contributed by atoms with Gasteiger partial charge in [-0.25, -0.2) is 9.37 Å². The molecule has 3 heterocycles. The first-order chi connectivity index (χ1) is 18.7. The molecular formula is C29H28BrFN4O3S. The van der Waals surface area contributed by atoms with Crippen molar-refractivity contribution in [3.8, 4) is 0 Å². The Balaban J connectivity index is 1.76. The first-order valence-electron chi connectivity index (χ1n) is 12.6. The minimum atomic E-state index is -0.596. The van der Waals surface area contributed by atoms with Gasteiger partial charge in [0.2, 0.25) is 5.58 Å². The molecule has 0 spiro atoms. The smallest absolute Gasteiger partial charge is 0.297 e. The molecule has 0 fully saturated rings. The van der Waals surface area contributed by atoms with Crippen molar-refractivity contribution in [3.63, 3.8) is 0 Å². The van der Waals surface area contributed by atoms with Gasteiger partial charge in [0.05, 0.1) is 12.6 Å². The van der Waals surface area contributed by atoms with Crippen molar-refractivity contribution in [2.24, 2.45) is 11.7 Å². The van der Waals surface area contributed by atoms with Crippen LogP contribution in [0.3, 0.4) is 0 Å². The van der Waals surface area contributed by atoms with E-state index < -0.39 is 17.4 Å². The van der Waals surface area contributed by atoms with Gasteiger partial charge in [0.15, 0.2) is 0 Å². The molecule has 39 heavy (non-hydrogen) atoms. The normalized spacial score (nSPS) is 12.5. The molecular weight excluding hydrogens is 583 g/mol.